The van der Waals surface area contributed by atoms with Gasteiger partial charge in [0.05, 0.1) is 6.61 Å². The van der Waals surface area contributed by atoms with Crippen molar-refractivity contribution in [3.63, 3.8) is 0 Å². The number of benzene rings is 1. The fraction of sp³-hybridized carbons (Fsp3) is 0.429. The molecule has 1 aromatic carbocycles. The normalized spacial score (nSPS) is 24.6. The largest absolute Gasteiger partial charge is 0.483 e. The second kappa shape index (κ2) is 9.00. The summed E-state index contributed by atoms with van der Waals surface area (Å²) in [7, 11) is 1.58. The number of carbonyl (C=O) groups excluding carboxylic acids is 1. The lowest BCUT2D eigenvalue weighted by Gasteiger charge is -2.36. The van der Waals surface area contributed by atoms with Gasteiger partial charge in [-0.05, 0) is 43.4 Å². The molecule has 2 aliphatic heterocycles. The van der Waals surface area contributed by atoms with Gasteiger partial charge in [-0.1, -0.05) is 30.3 Å². The minimum absolute atomic E-state index is 0.147. The van der Waals surface area contributed by atoms with Crippen molar-refractivity contribution < 1.29 is 19.8 Å². The Kier molecular flexibility index (Phi) is 6.43. The Morgan fingerprint density at radius 2 is 1.97 bits per heavy atom. The Balaban J connectivity index is 0.000000755. The number of amides is 1. The molecule has 2 aromatic rings. The monoisotopic (exact) mass is 398 g/mol. The molecule has 2 fully saturated rings. The maximum Gasteiger partial charge on any atom is 0.290 e. The van der Waals surface area contributed by atoms with E-state index in [0.29, 0.717) is 11.7 Å². The highest BCUT2D eigenvalue weighted by molar-refractivity contribution is 5.91. The molecule has 2 bridgehead atoms. The second-order valence-corrected chi connectivity index (χ2v) is 7.50. The second-order valence-electron chi connectivity index (χ2n) is 7.50. The van der Waals surface area contributed by atoms with Crippen LogP contribution in [0.2, 0.25) is 0 Å². The van der Waals surface area contributed by atoms with Gasteiger partial charge in [0.15, 0.2) is 11.5 Å². The van der Waals surface area contributed by atoms with Crippen LogP contribution in [0.4, 0.5) is 5.82 Å². The Morgan fingerprint density at radius 1 is 1.24 bits per heavy atom. The molecule has 8 nitrogen and oxygen atoms in total. The van der Waals surface area contributed by atoms with Crippen LogP contribution in [-0.2, 0) is 11.2 Å². The number of anilines is 1. The van der Waals surface area contributed by atoms with E-state index in [1.165, 1.54) is 5.56 Å². The fourth-order valence-corrected chi connectivity index (χ4v) is 4.77. The van der Waals surface area contributed by atoms with Crippen LogP contribution in [-0.4, -0.2) is 58.5 Å². The molecule has 3 heterocycles. The first-order valence-electron chi connectivity index (χ1n) is 9.65. The lowest BCUT2D eigenvalue weighted by molar-refractivity contribution is -0.122. The summed E-state index contributed by atoms with van der Waals surface area (Å²) in [5.74, 6) is 0.566. The van der Waals surface area contributed by atoms with Crippen molar-refractivity contribution >= 4 is 18.2 Å². The average Bonchev–Trinajstić information content (AvgIpc) is 3.31. The van der Waals surface area contributed by atoms with E-state index in [1.54, 1.807) is 13.1 Å². The molecule has 3 N–H and O–H groups in total. The number of nitrogens with zero attached hydrogens (tertiary/aromatic N) is 3. The summed E-state index contributed by atoms with van der Waals surface area (Å²) >= 11 is 0. The predicted molar refractivity (Wildman–Crippen MR) is 108 cm³/mol. The van der Waals surface area contributed by atoms with Crippen LogP contribution >= 0.6 is 0 Å². The minimum Gasteiger partial charge on any atom is -0.483 e. The zero-order valence-corrected chi connectivity index (χ0v) is 16.4. The third-order valence-electron chi connectivity index (χ3n) is 5.94. The third kappa shape index (κ3) is 4.07. The minimum atomic E-state index is -0.250. The molecule has 2 aliphatic rings. The fourth-order valence-electron chi connectivity index (χ4n) is 4.77. The number of carbonyl (C=O) groups is 2. The van der Waals surface area contributed by atoms with Gasteiger partial charge in [-0.3, -0.25) is 9.59 Å². The Hall–Kier alpha value is -3.00. The highest BCUT2D eigenvalue weighted by Crippen LogP contribution is 2.52. The molecule has 8 heteroatoms. The van der Waals surface area contributed by atoms with Crippen molar-refractivity contribution in [3.05, 3.63) is 53.7 Å². The van der Waals surface area contributed by atoms with Crippen LogP contribution in [0, 0.1) is 5.41 Å². The van der Waals surface area contributed by atoms with Crippen LogP contribution in [0.3, 0.4) is 0 Å². The molecule has 3 atom stereocenters. The van der Waals surface area contributed by atoms with E-state index < -0.39 is 0 Å². The molecule has 4 rings (SSSR count). The van der Waals surface area contributed by atoms with Gasteiger partial charge in [0.2, 0.25) is 0 Å². The van der Waals surface area contributed by atoms with Crippen molar-refractivity contribution in [1.29, 1.82) is 0 Å². The van der Waals surface area contributed by atoms with Gasteiger partial charge in [-0.15, -0.1) is 10.2 Å². The van der Waals surface area contributed by atoms with E-state index in [2.05, 4.69) is 32.5 Å². The predicted octanol–water partition coefficient (Wildman–Crippen LogP) is 1.50. The van der Waals surface area contributed by atoms with E-state index in [9.17, 15) is 9.90 Å². The molecule has 0 unspecified atom stereocenters. The van der Waals surface area contributed by atoms with Gasteiger partial charge < -0.3 is 20.4 Å². The number of aliphatic hydroxyl groups is 1. The summed E-state index contributed by atoms with van der Waals surface area (Å²) in [4.78, 5) is 22.4. The van der Waals surface area contributed by atoms with Crippen LogP contribution < -0.4 is 10.2 Å². The summed E-state index contributed by atoms with van der Waals surface area (Å²) < 4.78 is 0. The maximum absolute atomic E-state index is 11.7. The standard InChI is InChI=1S/C20H24N4O2.CH2O2/c1-21-19(26)16-8-10-18(23-22-16)24-15-7-9-17(24)20(12-15,13-25)11-14-5-3-2-4-6-14;2-1-3/h2-6,8,10,15,17,25H,7,9,11-13H2,1H3,(H,21,26);1H,(H,2,3)/t15-,17+,20-;/m1./s1. The molecule has 2 saturated heterocycles. The number of hydrogen-bond acceptors (Lipinski definition) is 6. The first-order valence-corrected chi connectivity index (χ1v) is 9.65. The number of nitrogens with one attached hydrogen (secondary N) is 1. The number of carboxylic acid groups (broad SMARTS) is 1. The highest BCUT2D eigenvalue weighted by Gasteiger charge is 2.55. The van der Waals surface area contributed by atoms with Crippen molar-refractivity contribution in [2.24, 2.45) is 5.41 Å². The molecule has 0 radical (unpaired) electrons. The highest BCUT2D eigenvalue weighted by atomic mass is 16.3. The van der Waals surface area contributed by atoms with E-state index in [-0.39, 0.29) is 30.4 Å². The molecule has 29 heavy (non-hydrogen) atoms. The van der Waals surface area contributed by atoms with Crippen LogP contribution in [0.5, 0.6) is 0 Å². The van der Waals surface area contributed by atoms with Gasteiger partial charge >= 0.3 is 0 Å². The lowest BCUT2D eigenvalue weighted by atomic mass is 9.70. The molecule has 1 aromatic heterocycles. The molecule has 1 amide bonds. The molecular weight excluding hydrogens is 372 g/mol. The maximum atomic E-state index is 11.7. The van der Waals surface area contributed by atoms with Crippen LogP contribution in [0.15, 0.2) is 42.5 Å². The van der Waals surface area contributed by atoms with E-state index >= 15 is 0 Å². The summed E-state index contributed by atoms with van der Waals surface area (Å²) in [6.45, 7) is -0.0800. The molecule has 154 valence electrons. The van der Waals surface area contributed by atoms with E-state index in [0.717, 1.165) is 31.5 Å². The number of hydrogen-bond donors (Lipinski definition) is 3. The SMILES string of the molecule is CNC(=O)c1ccc(N2[C@@H]3CC[C@H]2[C@](CO)(Cc2ccccc2)C3)nn1.O=CO. The summed E-state index contributed by atoms with van der Waals surface area (Å²) in [6.07, 6.45) is 3.99. The van der Waals surface area contributed by atoms with Gasteiger partial charge in [0.1, 0.15) is 0 Å². The Labute approximate surface area is 169 Å². The number of aromatic nitrogens is 2. The first kappa shape index (κ1) is 20.7. The van der Waals surface area contributed by atoms with Crippen molar-refractivity contribution in [2.75, 3.05) is 18.6 Å². The molecule has 0 saturated carbocycles. The average molecular weight is 398 g/mol. The van der Waals surface area contributed by atoms with Crippen molar-refractivity contribution in [1.82, 2.24) is 15.5 Å². The van der Waals surface area contributed by atoms with Gasteiger partial charge in [0, 0.05) is 24.5 Å². The molecule has 0 spiro atoms. The van der Waals surface area contributed by atoms with Crippen LogP contribution in [0.1, 0.15) is 35.3 Å². The van der Waals surface area contributed by atoms with Gasteiger partial charge in [-0.2, -0.15) is 0 Å². The number of aliphatic hydroxyl groups excluding tert-OH is 1. The van der Waals surface area contributed by atoms with E-state index in [4.69, 9.17) is 9.90 Å². The smallest absolute Gasteiger partial charge is 0.290 e. The molecular formula is C21H26N4O4. The zero-order chi connectivity index (χ0) is 20.9. The number of fused-ring (bicyclic) bond motifs is 2. The Bertz CT molecular complexity index is 830. The Morgan fingerprint density at radius 3 is 2.55 bits per heavy atom. The van der Waals surface area contributed by atoms with Crippen LogP contribution in [0.25, 0.3) is 0 Å². The van der Waals surface area contributed by atoms with Gasteiger partial charge in [0.25, 0.3) is 12.4 Å². The summed E-state index contributed by atoms with van der Waals surface area (Å²) in [5, 5.41) is 28.1. The van der Waals surface area contributed by atoms with Crippen molar-refractivity contribution in [2.45, 2.75) is 37.8 Å². The van der Waals surface area contributed by atoms with Gasteiger partial charge in [-0.25, -0.2) is 0 Å². The molecule has 0 aliphatic carbocycles. The lowest BCUT2D eigenvalue weighted by Crippen LogP contribution is -2.42. The third-order valence-corrected chi connectivity index (χ3v) is 5.94. The van der Waals surface area contributed by atoms with E-state index in [1.807, 2.05) is 24.3 Å². The first-order chi connectivity index (χ1) is 14.1. The summed E-state index contributed by atoms with van der Waals surface area (Å²) in [5.41, 5.74) is 1.43. The zero-order valence-electron chi connectivity index (χ0n) is 16.4. The topological polar surface area (TPSA) is 116 Å². The number of rotatable bonds is 5. The quantitative estimate of drug-likeness (QED) is 0.654. The van der Waals surface area contributed by atoms with Crippen molar-refractivity contribution in [3.8, 4) is 0 Å². The summed E-state index contributed by atoms with van der Waals surface area (Å²) in [6, 6.07) is 14.6.